The van der Waals surface area contributed by atoms with E-state index in [-0.39, 0.29) is 11.3 Å². The van der Waals surface area contributed by atoms with Gasteiger partial charge in [-0.05, 0) is 48.0 Å². The molecular weight excluding hydrogens is 312 g/mol. The predicted molar refractivity (Wildman–Crippen MR) is 103 cm³/mol. The molecule has 0 aliphatic heterocycles. The van der Waals surface area contributed by atoms with Gasteiger partial charge >= 0.3 is 0 Å². The minimum absolute atomic E-state index is 0.00606. The smallest absolute Gasteiger partial charge is 0.291 e. The van der Waals surface area contributed by atoms with Crippen LogP contribution < -0.4 is 10.2 Å². The zero-order valence-corrected chi connectivity index (χ0v) is 16.7. The molecule has 2 rings (SSSR count). The second-order valence-corrected chi connectivity index (χ2v) is 7.35. The summed E-state index contributed by atoms with van der Waals surface area (Å²) in [6.07, 6.45) is 7.68. The van der Waals surface area contributed by atoms with E-state index < -0.39 is 5.41 Å². The van der Waals surface area contributed by atoms with E-state index in [0.717, 1.165) is 6.42 Å². The van der Waals surface area contributed by atoms with Crippen molar-refractivity contribution >= 4 is 0 Å². The van der Waals surface area contributed by atoms with Gasteiger partial charge in [0, 0.05) is 11.5 Å². The van der Waals surface area contributed by atoms with Crippen LogP contribution in [0.15, 0.2) is 44.2 Å². The molecule has 0 spiro atoms. The summed E-state index contributed by atoms with van der Waals surface area (Å²) in [5.74, 6) is 1.16. The molecule has 0 radical (unpaired) electrons. The molecule has 0 saturated heterocycles. The molecule has 3 nitrogen and oxygen atoms in total. The van der Waals surface area contributed by atoms with Crippen molar-refractivity contribution in [3.8, 4) is 5.95 Å². The fourth-order valence-electron chi connectivity index (χ4n) is 4.41. The van der Waals surface area contributed by atoms with Gasteiger partial charge in [0.15, 0.2) is 5.43 Å². The van der Waals surface area contributed by atoms with E-state index in [9.17, 15) is 4.79 Å². The van der Waals surface area contributed by atoms with Gasteiger partial charge < -0.3 is 9.15 Å². The lowest BCUT2D eigenvalue weighted by Crippen LogP contribution is -2.36. The topological polar surface area (TPSA) is 39.4 Å². The standard InChI is InChI=1S/C22H30O3/c1-9-10-14(3)18-15(4)11-13(2)12-22(18,7)20-16(5)19(23)17(6)21(24-8)25-20/h10-12,18H,9H2,1-8H3/b14-10+/t18-,22+/m1/s1. The molecule has 0 saturated carbocycles. The normalized spacial score (nSPS) is 24.0. The molecule has 0 N–H and O–H groups in total. The molecule has 25 heavy (non-hydrogen) atoms. The Morgan fingerprint density at radius 2 is 1.92 bits per heavy atom. The Morgan fingerprint density at radius 1 is 1.28 bits per heavy atom. The second kappa shape index (κ2) is 7.07. The first-order chi connectivity index (χ1) is 11.7. The highest BCUT2D eigenvalue weighted by Crippen LogP contribution is 2.47. The van der Waals surface area contributed by atoms with Gasteiger partial charge in [-0.2, -0.15) is 0 Å². The summed E-state index contributed by atoms with van der Waals surface area (Å²) in [7, 11) is 1.54. The van der Waals surface area contributed by atoms with Gasteiger partial charge in [-0.25, -0.2) is 0 Å². The summed E-state index contributed by atoms with van der Waals surface area (Å²) in [6, 6.07) is 0. The van der Waals surface area contributed by atoms with E-state index in [2.05, 4.69) is 52.8 Å². The van der Waals surface area contributed by atoms with E-state index >= 15 is 0 Å². The first-order valence-corrected chi connectivity index (χ1v) is 8.90. The Hall–Kier alpha value is -2.03. The third-order valence-corrected chi connectivity index (χ3v) is 5.22. The average Bonchev–Trinajstić information content (AvgIpc) is 2.52. The zero-order valence-electron chi connectivity index (χ0n) is 16.7. The predicted octanol–water partition coefficient (Wildman–Crippen LogP) is 5.40. The van der Waals surface area contributed by atoms with Crippen LogP contribution in [-0.4, -0.2) is 7.11 Å². The third-order valence-electron chi connectivity index (χ3n) is 5.22. The molecule has 1 aromatic rings. The fraction of sp³-hybridized carbons (Fsp3) is 0.500. The quantitative estimate of drug-likeness (QED) is 0.688. The maximum atomic E-state index is 12.7. The number of hydrogen-bond acceptors (Lipinski definition) is 3. The van der Waals surface area contributed by atoms with Gasteiger partial charge in [-0.15, -0.1) is 0 Å². The van der Waals surface area contributed by atoms with Crippen LogP contribution in [0.1, 0.15) is 57.9 Å². The molecule has 1 aromatic heterocycles. The van der Waals surface area contributed by atoms with Gasteiger partial charge in [0.2, 0.25) is 0 Å². The largest absolute Gasteiger partial charge is 0.468 e. The van der Waals surface area contributed by atoms with Gasteiger partial charge in [-0.1, -0.05) is 41.9 Å². The summed E-state index contributed by atoms with van der Waals surface area (Å²) in [4.78, 5) is 12.7. The molecule has 1 aliphatic carbocycles. The minimum Gasteiger partial charge on any atom is -0.468 e. The highest BCUT2D eigenvalue weighted by molar-refractivity contribution is 5.46. The van der Waals surface area contributed by atoms with E-state index in [4.69, 9.17) is 9.15 Å². The lowest BCUT2D eigenvalue weighted by atomic mass is 9.64. The lowest BCUT2D eigenvalue weighted by molar-refractivity contribution is 0.249. The monoisotopic (exact) mass is 342 g/mol. The molecule has 1 aliphatic rings. The Kier molecular flexibility index (Phi) is 5.46. The van der Waals surface area contributed by atoms with Crippen LogP contribution in [0, 0.1) is 19.8 Å². The van der Waals surface area contributed by atoms with E-state index in [0.29, 0.717) is 22.8 Å². The summed E-state index contributed by atoms with van der Waals surface area (Å²) < 4.78 is 11.5. The summed E-state index contributed by atoms with van der Waals surface area (Å²) in [5.41, 5.74) is 4.51. The zero-order chi connectivity index (χ0) is 18.9. The molecule has 0 fully saturated rings. The second-order valence-electron chi connectivity index (χ2n) is 7.35. The highest BCUT2D eigenvalue weighted by atomic mass is 16.6. The highest BCUT2D eigenvalue weighted by Gasteiger charge is 2.42. The van der Waals surface area contributed by atoms with Crippen LogP contribution in [0.25, 0.3) is 0 Å². The molecular formula is C22H30O3. The van der Waals surface area contributed by atoms with Crippen LogP contribution in [0.5, 0.6) is 5.95 Å². The maximum Gasteiger partial charge on any atom is 0.291 e. The number of rotatable bonds is 4. The van der Waals surface area contributed by atoms with E-state index in [1.807, 2.05) is 6.92 Å². The van der Waals surface area contributed by atoms with Crippen LogP contribution in [-0.2, 0) is 5.41 Å². The van der Waals surface area contributed by atoms with Crippen molar-refractivity contribution in [1.29, 1.82) is 0 Å². The SMILES string of the molecule is CC/C=C(\C)[C@@H]1C(C)=CC(C)=C[C@]1(C)c1oc(OC)c(C)c(=O)c1C. The maximum absolute atomic E-state index is 12.7. The molecule has 0 bridgehead atoms. The molecule has 0 unspecified atom stereocenters. The molecule has 0 aromatic carbocycles. The van der Waals surface area contributed by atoms with Crippen molar-refractivity contribution in [2.75, 3.05) is 7.11 Å². The van der Waals surface area contributed by atoms with Gasteiger partial charge in [-0.3, -0.25) is 4.79 Å². The summed E-state index contributed by atoms with van der Waals surface area (Å²) >= 11 is 0. The Morgan fingerprint density at radius 3 is 2.48 bits per heavy atom. The lowest BCUT2D eigenvalue weighted by Gasteiger charge is -2.40. The number of allylic oxidation sites excluding steroid dienone is 6. The van der Waals surface area contributed by atoms with Crippen molar-refractivity contribution in [2.45, 2.75) is 60.3 Å². The van der Waals surface area contributed by atoms with Gasteiger partial charge in [0.25, 0.3) is 5.95 Å². The van der Waals surface area contributed by atoms with Crippen LogP contribution in [0.3, 0.4) is 0 Å². The Bertz CT molecular complexity index is 820. The number of hydrogen-bond donors (Lipinski definition) is 0. The minimum atomic E-state index is -0.428. The van der Waals surface area contributed by atoms with Crippen molar-refractivity contribution in [3.05, 3.63) is 62.1 Å². The molecule has 0 amide bonds. The number of methoxy groups -OCH3 is 1. The van der Waals surface area contributed by atoms with Crippen LogP contribution >= 0.6 is 0 Å². The summed E-state index contributed by atoms with van der Waals surface area (Å²) in [5, 5.41) is 0. The van der Waals surface area contributed by atoms with Crippen molar-refractivity contribution < 1.29 is 9.15 Å². The average molecular weight is 342 g/mol. The van der Waals surface area contributed by atoms with Gasteiger partial charge in [0.05, 0.1) is 18.1 Å². The molecule has 136 valence electrons. The fourth-order valence-corrected chi connectivity index (χ4v) is 4.41. The van der Waals surface area contributed by atoms with Crippen LogP contribution in [0.4, 0.5) is 0 Å². The van der Waals surface area contributed by atoms with E-state index in [1.54, 1.807) is 14.0 Å². The molecule has 2 atom stereocenters. The Labute approximate surface area is 151 Å². The van der Waals surface area contributed by atoms with Crippen molar-refractivity contribution in [1.82, 2.24) is 0 Å². The third kappa shape index (κ3) is 3.24. The van der Waals surface area contributed by atoms with Crippen molar-refractivity contribution in [2.24, 2.45) is 5.92 Å². The Balaban J connectivity index is 2.81. The first-order valence-electron chi connectivity index (χ1n) is 8.90. The van der Waals surface area contributed by atoms with Gasteiger partial charge in [0.1, 0.15) is 5.76 Å². The van der Waals surface area contributed by atoms with Crippen molar-refractivity contribution in [3.63, 3.8) is 0 Å². The first kappa shape index (κ1) is 19.3. The molecule has 3 heteroatoms. The molecule has 1 heterocycles. The summed E-state index contributed by atoms with van der Waals surface area (Å²) in [6.45, 7) is 14.3. The van der Waals surface area contributed by atoms with Crippen LogP contribution in [0.2, 0.25) is 0 Å². The number of ether oxygens (including phenoxy) is 1. The van der Waals surface area contributed by atoms with E-state index in [1.165, 1.54) is 16.7 Å².